The molecule has 0 atom stereocenters. The lowest BCUT2D eigenvalue weighted by atomic mass is 10.2. The summed E-state index contributed by atoms with van der Waals surface area (Å²) in [7, 11) is 3.95. The van der Waals surface area contributed by atoms with Gasteiger partial charge in [-0.25, -0.2) is 0 Å². The molecule has 0 saturated heterocycles. The van der Waals surface area contributed by atoms with E-state index in [1.807, 2.05) is 36.5 Å². The van der Waals surface area contributed by atoms with Crippen molar-refractivity contribution in [1.29, 1.82) is 0 Å². The minimum atomic E-state index is -0.304. The van der Waals surface area contributed by atoms with Crippen molar-refractivity contribution in [3.8, 4) is 16.3 Å². The van der Waals surface area contributed by atoms with Crippen LogP contribution in [0, 0.1) is 0 Å². The molecule has 0 fully saturated rings. The zero-order valence-corrected chi connectivity index (χ0v) is 16.0. The smallest absolute Gasteiger partial charge is 0.276 e. The Morgan fingerprint density at radius 1 is 1.35 bits per heavy atom. The Morgan fingerprint density at radius 2 is 2.19 bits per heavy atom. The zero-order valence-electron chi connectivity index (χ0n) is 14.5. The van der Waals surface area contributed by atoms with Gasteiger partial charge in [-0.05, 0) is 49.8 Å². The third kappa shape index (κ3) is 4.63. The molecule has 0 aliphatic carbocycles. The molecule has 0 aliphatic heterocycles. The van der Waals surface area contributed by atoms with Gasteiger partial charge in [0.25, 0.3) is 5.91 Å². The molecule has 0 spiro atoms. The van der Waals surface area contributed by atoms with Crippen molar-refractivity contribution in [3.05, 3.63) is 52.5 Å². The molecular formula is C18H19ClN4O2S. The molecule has 0 radical (unpaired) electrons. The number of amides is 1. The Labute approximate surface area is 160 Å². The minimum absolute atomic E-state index is 0.304. The molecule has 3 aromatic rings. The highest BCUT2D eigenvalue weighted by molar-refractivity contribution is 7.13. The Balaban J connectivity index is 1.63. The van der Waals surface area contributed by atoms with Crippen LogP contribution in [0.5, 0.6) is 5.75 Å². The number of rotatable bonds is 7. The van der Waals surface area contributed by atoms with Crippen molar-refractivity contribution >= 4 is 34.5 Å². The number of nitrogens with zero attached hydrogens (tertiary/aromatic N) is 2. The van der Waals surface area contributed by atoms with Crippen molar-refractivity contribution in [2.75, 3.05) is 32.6 Å². The number of nitrogens with one attached hydrogen (secondary N) is 2. The van der Waals surface area contributed by atoms with Crippen LogP contribution in [-0.4, -0.2) is 48.3 Å². The van der Waals surface area contributed by atoms with Crippen LogP contribution in [0.2, 0.25) is 5.02 Å². The van der Waals surface area contributed by atoms with Crippen LogP contribution in [-0.2, 0) is 0 Å². The summed E-state index contributed by atoms with van der Waals surface area (Å²) in [4.78, 5) is 15.4. The second-order valence-electron chi connectivity index (χ2n) is 5.90. The van der Waals surface area contributed by atoms with Gasteiger partial charge in [-0.15, -0.1) is 11.3 Å². The maximum absolute atomic E-state index is 12.4. The summed E-state index contributed by atoms with van der Waals surface area (Å²) in [5.74, 6) is 0.285. The number of likely N-dealkylation sites (N-methyl/N-ethyl adjacent to an activating group) is 1. The highest BCUT2D eigenvalue weighted by Crippen LogP contribution is 2.28. The molecule has 1 amide bonds. The monoisotopic (exact) mass is 390 g/mol. The van der Waals surface area contributed by atoms with E-state index in [1.165, 1.54) is 0 Å². The summed E-state index contributed by atoms with van der Waals surface area (Å²) in [6, 6.07) is 10.8. The number of aromatic nitrogens is 2. The number of carbonyl (C=O) groups is 1. The van der Waals surface area contributed by atoms with Crippen LogP contribution in [0.1, 0.15) is 10.5 Å². The van der Waals surface area contributed by atoms with Crippen molar-refractivity contribution < 1.29 is 9.53 Å². The highest BCUT2D eigenvalue weighted by Gasteiger charge is 2.13. The Morgan fingerprint density at radius 3 is 2.88 bits per heavy atom. The number of hydrogen-bond acceptors (Lipinski definition) is 5. The Kier molecular flexibility index (Phi) is 5.92. The first-order valence-electron chi connectivity index (χ1n) is 8.00. The molecule has 0 saturated carbocycles. The molecule has 0 unspecified atom stereocenters. The number of benzene rings is 1. The molecule has 136 valence electrons. The van der Waals surface area contributed by atoms with Crippen LogP contribution in [0.25, 0.3) is 10.6 Å². The number of hydrogen-bond donors (Lipinski definition) is 2. The second-order valence-corrected chi connectivity index (χ2v) is 7.25. The van der Waals surface area contributed by atoms with Crippen molar-refractivity contribution in [3.63, 3.8) is 0 Å². The van der Waals surface area contributed by atoms with Gasteiger partial charge in [0.05, 0.1) is 15.6 Å². The van der Waals surface area contributed by atoms with E-state index >= 15 is 0 Å². The first-order chi connectivity index (χ1) is 12.5. The first kappa shape index (κ1) is 18.4. The van der Waals surface area contributed by atoms with Gasteiger partial charge in [0, 0.05) is 12.2 Å². The Hall–Kier alpha value is -2.35. The van der Waals surface area contributed by atoms with E-state index in [2.05, 4.69) is 15.5 Å². The quantitative estimate of drug-likeness (QED) is 0.640. The van der Waals surface area contributed by atoms with Crippen molar-refractivity contribution in [2.24, 2.45) is 0 Å². The molecule has 0 aliphatic rings. The molecule has 26 heavy (non-hydrogen) atoms. The largest absolute Gasteiger partial charge is 0.491 e. The molecule has 2 aromatic heterocycles. The van der Waals surface area contributed by atoms with Gasteiger partial charge in [-0.2, -0.15) is 5.10 Å². The van der Waals surface area contributed by atoms with Gasteiger partial charge >= 0.3 is 0 Å². The van der Waals surface area contributed by atoms with E-state index in [0.29, 0.717) is 28.8 Å². The topological polar surface area (TPSA) is 70.2 Å². The fourth-order valence-corrected chi connectivity index (χ4v) is 3.15. The van der Waals surface area contributed by atoms with Crippen LogP contribution in [0.15, 0.2) is 41.8 Å². The summed E-state index contributed by atoms with van der Waals surface area (Å²) >= 11 is 7.81. The van der Waals surface area contributed by atoms with Gasteiger partial charge in [-0.1, -0.05) is 17.7 Å². The molecule has 8 heteroatoms. The number of carbonyl (C=O) groups excluding carboxylic acids is 1. The summed E-state index contributed by atoms with van der Waals surface area (Å²) in [6.45, 7) is 1.33. The lowest BCUT2D eigenvalue weighted by Crippen LogP contribution is -2.19. The first-order valence-corrected chi connectivity index (χ1v) is 9.26. The number of halogens is 1. The number of ether oxygens (including phenoxy) is 1. The SMILES string of the molecule is CN(C)CCOc1ccc(NC(=O)c2cc(-c3cccs3)[nH]n2)cc1Cl. The van der Waals surface area contributed by atoms with E-state index in [0.717, 1.165) is 17.1 Å². The average Bonchev–Trinajstić information content (AvgIpc) is 3.27. The maximum Gasteiger partial charge on any atom is 0.276 e. The van der Waals surface area contributed by atoms with Crippen molar-refractivity contribution in [1.82, 2.24) is 15.1 Å². The van der Waals surface area contributed by atoms with E-state index in [-0.39, 0.29) is 5.91 Å². The standard InChI is InChI=1S/C18H19ClN4O2S/c1-23(2)7-8-25-16-6-5-12(10-13(16)19)20-18(24)15-11-14(21-22-15)17-4-3-9-26-17/h3-6,9-11H,7-8H2,1-2H3,(H,20,24)(H,21,22). The normalized spacial score (nSPS) is 10.9. The molecule has 2 N–H and O–H groups in total. The lowest BCUT2D eigenvalue weighted by Gasteiger charge is -2.12. The lowest BCUT2D eigenvalue weighted by molar-refractivity contribution is 0.102. The molecule has 3 rings (SSSR count). The van der Waals surface area contributed by atoms with Crippen LogP contribution in [0.3, 0.4) is 0 Å². The van der Waals surface area contributed by atoms with Gasteiger partial charge < -0.3 is 15.0 Å². The summed E-state index contributed by atoms with van der Waals surface area (Å²) < 4.78 is 5.63. The van der Waals surface area contributed by atoms with Crippen molar-refractivity contribution in [2.45, 2.75) is 0 Å². The molecule has 6 nitrogen and oxygen atoms in total. The predicted molar refractivity (Wildman–Crippen MR) is 105 cm³/mol. The number of aromatic amines is 1. The second kappa shape index (κ2) is 8.35. The number of anilines is 1. The number of H-pyrrole nitrogens is 1. The fourth-order valence-electron chi connectivity index (χ4n) is 2.23. The fraction of sp³-hybridized carbons (Fsp3) is 0.222. The summed E-state index contributed by atoms with van der Waals surface area (Å²) in [6.07, 6.45) is 0. The van der Waals surface area contributed by atoms with Gasteiger partial charge in [0.1, 0.15) is 12.4 Å². The predicted octanol–water partition coefficient (Wildman–Crippen LogP) is 3.98. The van der Waals surface area contributed by atoms with Crippen LogP contribution in [0.4, 0.5) is 5.69 Å². The molecule has 1 aromatic carbocycles. The van der Waals surface area contributed by atoms with Gasteiger partial charge in [0.15, 0.2) is 5.69 Å². The highest BCUT2D eigenvalue weighted by atomic mass is 35.5. The van der Waals surface area contributed by atoms with E-state index in [1.54, 1.807) is 35.6 Å². The number of thiophene rings is 1. The van der Waals surface area contributed by atoms with Gasteiger partial charge in [-0.3, -0.25) is 9.89 Å². The molecule has 2 heterocycles. The van der Waals surface area contributed by atoms with Crippen LogP contribution >= 0.6 is 22.9 Å². The third-order valence-electron chi connectivity index (χ3n) is 3.58. The van der Waals surface area contributed by atoms with Gasteiger partial charge in [0.2, 0.25) is 0 Å². The average molecular weight is 391 g/mol. The minimum Gasteiger partial charge on any atom is -0.491 e. The van der Waals surface area contributed by atoms with Crippen LogP contribution < -0.4 is 10.1 Å². The Bertz CT molecular complexity index is 877. The summed E-state index contributed by atoms with van der Waals surface area (Å²) in [5, 5.41) is 12.2. The van der Waals surface area contributed by atoms with E-state index in [9.17, 15) is 4.79 Å². The van der Waals surface area contributed by atoms with E-state index in [4.69, 9.17) is 16.3 Å². The van der Waals surface area contributed by atoms with E-state index < -0.39 is 0 Å². The third-order valence-corrected chi connectivity index (χ3v) is 4.78. The molecule has 0 bridgehead atoms. The maximum atomic E-state index is 12.4. The zero-order chi connectivity index (χ0) is 18.5. The summed E-state index contributed by atoms with van der Waals surface area (Å²) in [5.41, 5.74) is 1.71. The molecular weight excluding hydrogens is 372 g/mol.